The molecule has 0 heterocycles. The smallest absolute Gasteiger partial charge is 0.320 e. The number of Topliss-reactive ketones (excluding diaryl/α,β-unsaturated/α-hetero) is 1. The van der Waals surface area contributed by atoms with E-state index < -0.39 is 12.0 Å². The summed E-state index contributed by atoms with van der Waals surface area (Å²) in [7, 11) is 0. The zero-order valence-corrected chi connectivity index (χ0v) is 6.35. The standard InChI is InChI=1S/C5H9NO3.ClH/c1-3(7)2-4(6)5(8)9;/h4H,2,6H2,1H3,(H,8,9);1H/t4-;/m0./s1. The van der Waals surface area contributed by atoms with E-state index in [0.29, 0.717) is 0 Å². The first kappa shape index (κ1) is 12.1. The van der Waals surface area contributed by atoms with Crippen LogP contribution in [0.5, 0.6) is 0 Å². The molecule has 0 unspecified atom stereocenters. The summed E-state index contributed by atoms with van der Waals surface area (Å²) in [5, 5.41) is 8.15. The second-order valence-corrected chi connectivity index (χ2v) is 1.85. The molecule has 0 bridgehead atoms. The summed E-state index contributed by atoms with van der Waals surface area (Å²) in [6.45, 7) is 1.31. The number of nitrogens with two attached hydrogens (primary N) is 1. The van der Waals surface area contributed by atoms with Crippen molar-refractivity contribution in [1.29, 1.82) is 0 Å². The fourth-order valence-electron chi connectivity index (χ4n) is 0.397. The van der Waals surface area contributed by atoms with Crippen LogP contribution in [0, 0.1) is 0 Å². The Kier molecular flexibility index (Phi) is 6.29. The minimum Gasteiger partial charge on any atom is -0.480 e. The highest BCUT2D eigenvalue weighted by molar-refractivity contribution is 5.85. The van der Waals surface area contributed by atoms with Crippen molar-refractivity contribution in [2.45, 2.75) is 19.4 Å². The first-order valence-electron chi connectivity index (χ1n) is 2.52. The molecule has 0 spiro atoms. The number of rotatable bonds is 3. The van der Waals surface area contributed by atoms with Crippen LogP contribution in [0.1, 0.15) is 13.3 Å². The molecule has 60 valence electrons. The van der Waals surface area contributed by atoms with E-state index in [4.69, 9.17) is 10.8 Å². The lowest BCUT2D eigenvalue weighted by atomic mass is 10.2. The number of hydrogen-bond acceptors (Lipinski definition) is 3. The SMILES string of the molecule is CC(=O)C[C@H](N)C(=O)O.Cl. The second kappa shape index (κ2) is 5.20. The van der Waals surface area contributed by atoms with Gasteiger partial charge in [0.1, 0.15) is 11.8 Å². The molecule has 0 rings (SSSR count). The number of carboxylic acid groups (broad SMARTS) is 1. The Hall–Kier alpha value is -0.610. The van der Waals surface area contributed by atoms with Crippen LogP contribution in [0.2, 0.25) is 0 Å². The fourth-order valence-corrected chi connectivity index (χ4v) is 0.397. The Morgan fingerprint density at radius 1 is 1.60 bits per heavy atom. The first-order chi connectivity index (χ1) is 4.04. The highest BCUT2D eigenvalue weighted by Crippen LogP contribution is 1.87. The van der Waals surface area contributed by atoms with E-state index in [2.05, 4.69) is 0 Å². The number of carbonyl (C=O) groups excluding carboxylic acids is 1. The lowest BCUT2D eigenvalue weighted by Gasteiger charge is -2.00. The molecule has 4 nitrogen and oxygen atoms in total. The predicted molar refractivity (Wildman–Crippen MR) is 38.2 cm³/mol. The fraction of sp³-hybridized carbons (Fsp3) is 0.600. The molecule has 0 radical (unpaired) electrons. The van der Waals surface area contributed by atoms with E-state index in [0.717, 1.165) is 0 Å². The highest BCUT2D eigenvalue weighted by atomic mass is 35.5. The predicted octanol–water partition coefficient (Wildman–Crippen LogP) is -0.201. The molecular weight excluding hydrogens is 158 g/mol. The molecule has 0 aromatic rings. The molecule has 0 saturated carbocycles. The van der Waals surface area contributed by atoms with Crippen LogP contribution >= 0.6 is 12.4 Å². The van der Waals surface area contributed by atoms with Gasteiger partial charge in [0.15, 0.2) is 0 Å². The Balaban J connectivity index is 0. The Bertz CT molecular complexity index is 137. The van der Waals surface area contributed by atoms with E-state index in [1.54, 1.807) is 0 Å². The Morgan fingerprint density at radius 2 is 2.00 bits per heavy atom. The van der Waals surface area contributed by atoms with E-state index in [9.17, 15) is 9.59 Å². The molecule has 0 amide bonds. The molecular formula is C5H10ClNO3. The van der Waals surface area contributed by atoms with Crippen molar-refractivity contribution in [1.82, 2.24) is 0 Å². The van der Waals surface area contributed by atoms with Crippen LogP contribution in [0.3, 0.4) is 0 Å². The summed E-state index contributed by atoms with van der Waals surface area (Å²) < 4.78 is 0. The van der Waals surface area contributed by atoms with Gasteiger partial charge in [0.2, 0.25) is 0 Å². The lowest BCUT2D eigenvalue weighted by Crippen LogP contribution is -2.31. The van der Waals surface area contributed by atoms with Gasteiger partial charge in [-0.25, -0.2) is 0 Å². The zero-order chi connectivity index (χ0) is 7.44. The van der Waals surface area contributed by atoms with E-state index in [1.807, 2.05) is 0 Å². The molecule has 0 fully saturated rings. The quantitative estimate of drug-likeness (QED) is 0.610. The molecule has 0 aliphatic rings. The monoisotopic (exact) mass is 167 g/mol. The number of halogens is 1. The molecule has 0 aliphatic heterocycles. The maximum absolute atomic E-state index is 10.2. The molecule has 1 atom stereocenters. The van der Waals surface area contributed by atoms with Gasteiger partial charge < -0.3 is 10.8 Å². The van der Waals surface area contributed by atoms with Gasteiger partial charge in [-0.05, 0) is 6.92 Å². The summed E-state index contributed by atoms with van der Waals surface area (Å²) in [4.78, 5) is 20.2. The third-order valence-electron chi connectivity index (χ3n) is 0.825. The summed E-state index contributed by atoms with van der Waals surface area (Å²) in [6.07, 6.45) is -0.0880. The van der Waals surface area contributed by atoms with Gasteiger partial charge in [0, 0.05) is 6.42 Å². The molecule has 0 aromatic carbocycles. The minimum absolute atomic E-state index is 0. The molecule has 0 aliphatic carbocycles. The number of carbonyl (C=O) groups is 2. The minimum atomic E-state index is -1.13. The average Bonchev–Trinajstić information content (AvgIpc) is 1.63. The van der Waals surface area contributed by atoms with Crippen LogP contribution in [0.15, 0.2) is 0 Å². The largest absolute Gasteiger partial charge is 0.480 e. The van der Waals surface area contributed by atoms with Crippen molar-refractivity contribution in [2.24, 2.45) is 5.73 Å². The summed E-state index contributed by atoms with van der Waals surface area (Å²) in [5.74, 6) is -1.34. The van der Waals surface area contributed by atoms with Crippen molar-refractivity contribution >= 4 is 24.2 Å². The van der Waals surface area contributed by atoms with E-state index in [-0.39, 0.29) is 24.6 Å². The van der Waals surface area contributed by atoms with Crippen molar-refractivity contribution in [3.05, 3.63) is 0 Å². The van der Waals surface area contributed by atoms with Crippen molar-refractivity contribution in [3.63, 3.8) is 0 Å². The molecule has 0 aromatic heterocycles. The molecule has 10 heavy (non-hydrogen) atoms. The van der Waals surface area contributed by atoms with Crippen LogP contribution in [-0.2, 0) is 9.59 Å². The number of hydrogen-bond donors (Lipinski definition) is 2. The van der Waals surface area contributed by atoms with Crippen LogP contribution in [0.25, 0.3) is 0 Å². The van der Waals surface area contributed by atoms with Gasteiger partial charge in [0.25, 0.3) is 0 Å². The summed E-state index contributed by atoms with van der Waals surface area (Å²) in [5.41, 5.74) is 5.00. The van der Waals surface area contributed by atoms with Gasteiger partial charge in [0.05, 0.1) is 0 Å². The van der Waals surface area contributed by atoms with Gasteiger partial charge >= 0.3 is 5.97 Å². The van der Waals surface area contributed by atoms with Crippen LogP contribution < -0.4 is 5.73 Å². The van der Waals surface area contributed by atoms with Crippen molar-refractivity contribution < 1.29 is 14.7 Å². The maximum atomic E-state index is 10.2. The zero-order valence-electron chi connectivity index (χ0n) is 5.53. The average molecular weight is 168 g/mol. The Morgan fingerprint density at radius 3 is 2.10 bits per heavy atom. The number of carboxylic acids is 1. The van der Waals surface area contributed by atoms with Gasteiger partial charge in [-0.2, -0.15) is 0 Å². The van der Waals surface area contributed by atoms with Gasteiger partial charge in [-0.3, -0.25) is 9.59 Å². The van der Waals surface area contributed by atoms with E-state index >= 15 is 0 Å². The summed E-state index contributed by atoms with van der Waals surface area (Å²) in [6, 6.07) is -1.04. The third kappa shape index (κ3) is 5.53. The molecule has 3 N–H and O–H groups in total. The maximum Gasteiger partial charge on any atom is 0.320 e. The molecule has 0 saturated heterocycles. The van der Waals surface area contributed by atoms with Gasteiger partial charge in [-0.1, -0.05) is 0 Å². The number of ketones is 1. The normalized spacial score (nSPS) is 11.4. The van der Waals surface area contributed by atoms with E-state index in [1.165, 1.54) is 6.92 Å². The van der Waals surface area contributed by atoms with Crippen LogP contribution in [-0.4, -0.2) is 22.9 Å². The first-order valence-corrected chi connectivity index (χ1v) is 2.52. The summed E-state index contributed by atoms with van der Waals surface area (Å²) >= 11 is 0. The van der Waals surface area contributed by atoms with Crippen molar-refractivity contribution in [2.75, 3.05) is 0 Å². The highest BCUT2D eigenvalue weighted by Gasteiger charge is 2.12. The Labute approximate surface area is 64.8 Å². The molecule has 5 heteroatoms. The second-order valence-electron chi connectivity index (χ2n) is 1.85. The number of aliphatic carboxylic acids is 1. The van der Waals surface area contributed by atoms with Crippen molar-refractivity contribution in [3.8, 4) is 0 Å². The van der Waals surface area contributed by atoms with Gasteiger partial charge in [-0.15, -0.1) is 12.4 Å². The van der Waals surface area contributed by atoms with Crippen LogP contribution in [0.4, 0.5) is 0 Å². The third-order valence-corrected chi connectivity index (χ3v) is 0.825. The lowest BCUT2D eigenvalue weighted by molar-refractivity contribution is -0.140. The topological polar surface area (TPSA) is 80.4 Å².